The normalized spacial score (nSPS) is 12.3. The molecule has 0 saturated carbocycles. The van der Waals surface area contributed by atoms with E-state index in [0.717, 1.165) is 28.8 Å². The van der Waals surface area contributed by atoms with E-state index in [0.29, 0.717) is 0 Å². The zero-order valence-corrected chi connectivity index (χ0v) is 12.1. The predicted octanol–water partition coefficient (Wildman–Crippen LogP) is 3.10. The smallest absolute Gasteiger partial charge is 0.111 e. The van der Waals surface area contributed by atoms with E-state index in [-0.39, 0.29) is 5.54 Å². The molecule has 0 aliphatic carbocycles. The van der Waals surface area contributed by atoms with Gasteiger partial charge in [-0.1, -0.05) is 15.9 Å². The minimum absolute atomic E-state index is 0.231. The Morgan fingerprint density at radius 3 is 2.71 bits per heavy atom. The van der Waals surface area contributed by atoms with Crippen LogP contribution in [0.4, 0.5) is 0 Å². The van der Waals surface area contributed by atoms with Crippen molar-refractivity contribution in [3.8, 4) is 0 Å². The van der Waals surface area contributed by atoms with Crippen LogP contribution in [0.15, 0.2) is 22.7 Å². The molecule has 0 bridgehead atoms. The van der Waals surface area contributed by atoms with Crippen LogP contribution in [0.2, 0.25) is 0 Å². The second-order valence-electron chi connectivity index (χ2n) is 5.07. The van der Waals surface area contributed by atoms with Gasteiger partial charge in [0.05, 0.1) is 11.0 Å². The Labute approximate surface area is 110 Å². The highest BCUT2D eigenvalue weighted by atomic mass is 79.9. The highest BCUT2D eigenvalue weighted by Crippen LogP contribution is 2.22. The maximum absolute atomic E-state index is 6.08. The molecule has 0 aliphatic heterocycles. The van der Waals surface area contributed by atoms with Gasteiger partial charge in [0.15, 0.2) is 0 Å². The first-order valence-corrected chi connectivity index (χ1v) is 6.63. The fourth-order valence-electron chi connectivity index (χ4n) is 2.05. The van der Waals surface area contributed by atoms with Crippen molar-refractivity contribution >= 4 is 27.0 Å². The standard InChI is InChI=1S/C13H18BrN3/c1-4-17-11-6-5-9(14)7-10(11)16-12(17)8-13(2,3)15/h5-7H,4,8,15H2,1-3H3. The summed E-state index contributed by atoms with van der Waals surface area (Å²) in [7, 11) is 0. The van der Waals surface area contributed by atoms with Crippen molar-refractivity contribution in [3.05, 3.63) is 28.5 Å². The first-order chi connectivity index (χ1) is 7.90. The largest absolute Gasteiger partial charge is 0.328 e. The summed E-state index contributed by atoms with van der Waals surface area (Å²) in [4.78, 5) is 4.68. The average molecular weight is 296 g/mol. The number of fused-ring (bicyclic) bond motifs is 1. The maximum atomic E-state index is 6.08. The van der Waals surface area contributed by atoms with Crippen molar-refractivity contribution in [1.29, 1.82) is 0 Å². The number of aryl methyl sites for hydroxylation is 1. The lowest BCUT2D eigenvalue weighted by Crippen LogP contribution is -2.35. The first kappa shape index (κ1) is 12.6. The molecule has 0 aliphatic rings. The van der Waals surface area contributed by atoms with Gasteiger partial charge >= 0.3 is 0 Å². The summed E-state index contributed by atoms with van der Waals surface area (Å²) in [5.74, 6) is 1.06. The second kappa shape index (κ2) is 4.42. The van der Waals surface area contributed by atoms with E-state index in [1.54, 1.807) is 0 Å². The summed E-state index contributed by atoms with van der Waals surface area (Å²) in [5, 5.41) is 0. The van der Waals surface area contributed by atoms with Crippen molar-refractivity contribution in [3.63, 3.8) is 0 Å². The molecule has 3 nitrogen and oxygen atoms in total. The van der Waals surface area contributed by atoms with Gasteiger partial charge < -0.3 is 10.3 Å². The van der Waals surface area contributed by atoms with E-state index in [4.69, 9.17) is 5.73 Å². The molecule has 0 amide bonds. The van der Waals surface area contributed by atoms with Gasteiger partial charge in [-0.15, -0.1) is 0 Å². The van der Waals surface area contributed by atoms with Crippen LogP contribution in [0.25, 0.3) is 11.0 Å². The number of hydrogen-bond acceptors (Lipinski definition) is 2. The third kappa shape index (κ3) is 2.69. The Morgan fingerprint density at radius 2 is 2.12 bits per heavy atom. The lowest BCUT2D eigenvalue weighted by atomic mass is 10.0. The third-order valence-electron chi connectivity index (χ3n) is 2.72. The molecular formula is C13H18BrN3. The zero-order chi connectivity index (χ0) is 12.6. The number of nitrogens with zero attached hydrogens (tertiary/aromatic N) is 2. The average Bonchev–Trinajstić information content (AvgIpc) is 2.51. The molecule has 17 heavy (non-hydrogen) atoms. The van der Waals surface area contributed by atoms with Gasteiger partial charge in [-0.2, -0.15) is 0 Å². The molecule has 0 fully saturated rings. The Hall–Kier alpha value is -0.870. The van der Waals surface area contributed by atoms with Crippen LogP contribution >= 0.6 is 15.9 Å². The third-order valence-corrected chi connectivity index (χ3v) is 3.21. The van der Waals surface area contributed by atoms with E-state index < -0.39 is 0 Å². The van der Waals surface area contributed by atoms with E-state index in [1.165, 1.54) is 5.52 Å². The van der Waals surface area contributed by atoms with E-state index in [1.807, 2.05) is 19.9 Å². The molecule has 0 radical (unpaired) electrons. The minimum Gasteiger partial charge on any atom is -0.328 e. The Morgan fingerprint density at radius 1 is 1.41 bits per heavy atom. The Bertz CT molecular complexity index is 537. The number of halogens is 1. The number of aromatic nitrogens is 2. The number of imidazole rings is 1. The van der Waals surface area contributed by atoms with Gasteiger partial charge in [-0.05, 0) is 39.0 Å². The van der Waals surface area contributed by atoms with Crippen molar-refractivity contribution in [2.45, 2.75) is 39.3 Å². The van der Waals surface area contributed by atoms with Gasteiger partial charge in [0, 0.05) is 23.0 Å². The molecule has 1 heterocycles. The molecule has 2 rings (SSSR count). The number of hydrogen-bond donors (Lipinski definition) is 1. The Balaban J connectivity index is 2.55. The van der Waals surface area contributed by atoms with E-state index >= 15 is 0 Å². The number of rotatable bonds is 3. The molecular weight excluding hydrogens is 278 g/mol. The topological polar surface area (TPSA) is 43.8 Å². The van der Waals surface area contributed by atoms with Crippen LogP contribution in [-0.4, -0.2) is 15.1 Å². The Kier molecular flexibility index (Phi) is 3.27. The summed E-state index contributed by atoms with van der Waals surface area (Å²) in [5.41, 5.74) is 8.05. The summed E-state index contributed by atoms with van der Waals surface area (Å²) < 4.78 is 3.29. The molecule has 2 N–H and O–H groups in total. The quantitative estimate of drug-likeness (QED) is 0.946. The first-order valence-electron chi connectivity index (χ1n) is 5.84. The molecule has 92 valence electrons. The fraction of sp³-hybridized carbons (Fsp3) is 0.462. The van der Waals surface area contributed by atoms with E-state index in [9.17, 15) is 0 Å². The zero-order valence-electron chi connectivity index (χ0n) is 10.5. The van der Waals surface area contributed by atoms with Crippen LogP contribution in [0, 0.1) is 0 Å². The lowest BCUT2D eigenvalue weighted by molar-refractivity contribution is 0.490. The summed E-state index contributed by atoms with van der Waals surface area (Å²) >= 11 is 3.48. The predicted molar refractivity (Wildman–Crippen MR) is 75.1 cm³/mol. The maximum Gasteiger partial charge on any atom is 0.111 e. The van der Waals surface area contributed by atoms with Crippen molar-refractivity contribution in [1.82, 2.24) is 9.55 Å². The molecule has 4 heteroatoms. The lowest BCUT2D eigenvalue weighted by Gasteiger charge is -2.18. The number of benzene rings is 1. The van der Waals surface area contributed by atoms with Crippen LogP contribution in [0.3, 0.4) is 0 Å². The molecule has 0 spiro atoms. The fourth-order valence-corrected chi connectivity index (χ4v) is 2.40. The van der Waals surface area contributed by atoms with Gasteiger partial charge in [-0.25, -0.2) is 4.98 Å². The van der Waals surface area contributed by atoms with Gasteiger partial charge in [0.2, 0.25) is 0 Å². The molecule has 0 unspecified atom stereocenters. The minimum atomic E-state index is -0.231. The highest BCUT2D eigenvalue weighted by molar-refractivity contribution is 9.10. The van der Waals surface area contributed by atoms with Crippen LogP contribution < -0.4 is 5.73 Å². The van der Waals surface area contributed by atoms with Crippen molar-refractivity contribution in [2.24, 2.45) is 5.73 Å². The van der Waals surface area contributed by atoms with Crippen LogP contribution in [0.5, 0.6) is 0 Å². The van der Waals surface area contributed by atoms with Gasteiger partial charge in [-0.3, -0.25) is 0 Å². The SMILES string of the molecule is CCn1c(CC(C)(C)N)nc2cc(Br)ccc21. The summed E-state index contributed by atoms with van der Waals surface area (Å²) in [6.45, 7) is 7.12. The van der Waals surface area contributed by atoms with Gasteiger partial charge in [0.25, 0.3) is 0 Å². The summed E-state index contributed by atoms with van der Waals surface area (Å²) in [6.07, 6.45) is 0.785. The molecule has 1 aromatic heterocycles. The molecule has 2 aromatic rings. The van der Waals surface area contributed by atoms with E-state index in [2.05, 4.69) is 44.5 Å². The highest BCUT2D eigenvalue weighted by Gasteiger charge is 2.17. The molecule has 1 aromatic carbocycles. The second-order valence-corrected chi connectivity index (χ2v) is 5.99. The summed E-state index contributed by atoms with van der Waals surface area (Å²) in [6, 6.07) is 6.20. The van der Waals surface area contributed by atoms with Gasteiger partial charge in [0.1, 0.15) is 5.82 Å². The molecule has 0 saturated heterocycles. The van der Waals surface area contributed by atoms with Crippen LogP contribution in [0.1, 0.15) is 26.6 Å². The van der Waals surface area contributed by atoms with Crippen LogP contribution in [-0.2, 0) is 13.0 Å². The van der Waals surface area contributed by atoms with Crippen molar-refractivity contribution < 1.29 is 0 Å². The molecule has 0 atom stereocenters. The monoisotopic (exact) mass is 295 g/mol. The van der Waals surface area contributed by atoms with Crippen molar-refractivity contribution in [2.75, 3.05) is 0 Å². The number of nitrogens with two attached hydrogens (primary N) is 1.